The van der Waals surface area contributed by atoms with Crippen LogP contribution in [-0.2, 0) is 5.54 Å². The van der Waals surface area contributed by atoms with Gasteiger partial charge in [-0.15, -0.1) is 0 Å². The summed E-state index contributed by atoms with van der Waals surface area (Å²) in [6.07, 6.45) is 3.68. The molecule has 4 rings (SSSR count). The maximum Gasteiger partial charge on any atom is 0.162 e. The van der Waals surface area contributed by atoms with Crippen molar-refractivity contribution in [2.75, 3.05) is 13.2 Å². The van der Waals surface area contributed by atoms with Crippen LogP contribution in [0.25, 0.3) is 11.3 Å². The monoisotopic (exact) mass is 269 g/mol. The van der Waals surface area contributed by atoms with Gasteiger partial charge in [-0.1, -0.05) is 0 Å². The van der Waals surface area contributed by atoms with E-state index < -0.39 is 0 Å². The Kier molecular flexibility index (Phi) is 2.44. The minimum atomic E-state index is -0.316. The summed E-state index contributed by atoms with van der Waals surface area (Å²) in [6.45, 7) is 1.18. The predicted octanol–water partition coefficient (Wildman–Crippen LogP) is 1.86. The van der Waals surface area contributed by atoms with E-state index in [0.29, 0.717) is 13.2 Å². The van der Waals surface area contributed by atoms with Gasteiger partial charge in [-0.25, -0.2) is 9.97 Å². The molecule has 1 aliphatic carbocycles. The third kappa shape index (κ3) is 1.91. The van der Waals surface area contributed by atoms with Gasteiger partial charge in [0, 0.05) is 11.8 Å². The lowest BCUT2D eigenvalue weighted by molar-refractivity contribution is 0.171. The summed E-state index contributed by atoms with van der Waals surface area (Å²) < 4.78 is 11.1. The molecular formula is C15H15N3O2. The van der Waals surface area contributed by atoms with Crippen LogP contribution in [0, 0.1) is 0 Å². The van der Waals surface area contributed by atoms with Crippen LogP contribution in [0.2, 0.25) is 0 Å². The quantitative estimate of drug-likeness (QED) is 0.901. The van der Waals surface area contributed by atoms with E-state index in [0.717, 1.165) is 41.4 Å². The van der Waals surface area contributed by atoms with Crippen LogP contribution in [-0.4, -0.2) is 23.2 Å². The Morgan fingerprint density at radius 3 is 2.65 bits per heavy atom. The highest BCUT2D eigenvalue weighted by Crippen LogP contribution is 2.41. The van der Waals surface area contributed by atoms with Gasteiger partial charge < -0.3 is 15.2 Å². The number of ether oxygens (including phenoxy) is 2. The first-order valence-electron chi connectivity index (χ1n) is 6.77. The van der Waals surface area contributed by atoms with E-state index >= 15 is 0 Å². The number of nitrogens with zero attached hydrogens (tertiary/aromatic N) is 2. The van der Waals surface area contributed by atoms with Crippen LogP contribution in [0.1, 0.15) is 18.7 Å². The summed E-state index contributed by atoms with van der Waals surface area (Å²) >= 11 is 0. The number of fused-ring (bicyclic) bond motifs is 1. The average Bonchev–Trinajstić information content (AvgIpc) is 3.26. The van der Waals surface area contributed by atoms with Crippen LogP contribution in [0.4, 0.5) is 0 Å². The van der Waals surface area contributed by atoms with Crippen LogP contribution < -0.4 is 15.2 Å². The first-order chi connectivity index (χ1) is 9.74. The average molecular weight is 269 g/mol. The molecule has 0 radical (unpaired) electrons. The smallest absolute Gasteiger partial charge is 0.162 e. The van der Waals surface area contributed by atoms with Gasteiger partial charge in [0.15, 0.2) is 11.5 Å². The van der Waals surface area contributed by atoms with Gasteiger partial charge in [0.1, 0.15) is 19.0 Å². The number of hydrogen-bond donors (Lipinski definition) is 1. The van der Waals surface area contributed by atoms with Crippen molar-refractivity contribution in [2.45, 2.75) is 18.4 Å². The van der Waals surface area contributed by atoms with Gasteiger partial charge in [0.05, 0.1) is 11.2 Å². The van der Waals surface area contributed by atoms with E-state index in [-0.39, 0.29) is 5.54 Å². The molecule has 20 heavy (non-hydrogen) atoms. The molecule has 0 unspecified atom stereocenters. The number of aromatic nitrogens is 2. The molecule has 102 valence electrons. The summed E-state index contributed by atoms with van der Waals surface area (Å²) in [5.41, 5.74) is 7.69. The Hall–Kier alpha value is -2.14. The molecule has 1 fully saturated rings. The largest absolute Gasteiger partial charge is 0.486 e. The maximum atomic E-state index is 6.16. The van der Waals surface area contributed by atoms with E-state index in [9.17, 15) is 0 Å². The molecule has 1 saturated carbocycles. The van der Waals surface area contributed by atoms with Gasteiger partial charge in [0.25, 0.3) is 0 Å². The van der Waals surface area contributed by atoms with Crippen molar-refractivity contribution in [3.8, 4) is 22.8 Å². The third-order valence-electron chi connectivity index (χ3n) is 3.73. The number of benzene rings is 1. The fraction of sp³-hybridized carbons (Fsp3) is 0.333. The molecule has 1 aromatic carbocycles. The molecular weight excluding hydrogens is 254 g/mol. The lowest BCUT2D eigenvalue weighted by Crippen LogP contribution is -2.22. The first-order valence-corrected chi connectivity index (χ1v) is 6.77. The fourth-order valence-corrected chi connectivity index (χ4v) is 2.32. The Labute approximate surface area is 116 Å². The van der Waals surface area contributed by atoms with E-state index in [2.05, 4.69) is 9.97 Å². The summed E-state index contributed by atoms with van der Waals surface area (Å²) in [7, 11) is 0. The maximum absolute atomic E-state index is 6.16. The first kappa shape index (κ1) is 11.7. The van der Waals surface area contributed by atoms with Crippen LogP contribution >= 0.6 is 0 Å². The Balaban J connectivity index is 1.73. The molecule has 0 bridgehead atoms. The topological polar surface area (TPSA) is 70.3 Å². The zero-order valence-corrected chi connectivity index (χ0v) is 11.0. The molecule has 2 N–H and O–H groups in total. The van der Waals surface area contributed by atoms with Crippen LogP contribution in [0.3, 0.4) is 0 Å². The highest BCUT2D eigenvalue weighted by atomic mass is 16.6. The third-order valence-corrected chi connectivity index (χ3v) is 3.73. The molecule has 0 amide bonds. The summed E-state index contributed by atoms with van der Waals surface area (Å²) in [4.78, 5) is 8.89. The lowest BCUT2D eigenvalue weighted by Gasteiger charge is -2.19. The second-order valence-electron chi connectivity index (χ2n) is 5.28. The lowest BCUT2D eigenvalue weighted by atomic mass is 10.1. The van der Waals surface area contributed by atoms with Crippen molar-refractivity contribution >= 4 is 0 Å². The number of nitrogens with two attached hydrogens (primary N) is 1. The van der Waals surface area contributed by atoms with E-state index in [4.69, 9.17) is 15.2 Å². The normalized spacial score (nSPS) is 18.6. The highest BCUT2D eigenvalue weighted by molar-refractivity contribution is 5.64. The van der Waals surface area contributed by atoms with Gasteiger partial charge >= 0.3 is 0 Å². The van der Waals surface area contributed by atoms with Gasteiger partial charge in [-0.2, -0.15) is 0 Å². The van der Waals surface area contributed by atoms with Crippen LogP contribution in [0.5, 0.6) is 11.5 Å². The second-order valence-corrected chi connectivity index (χ2v) is 5.28. The SMILES string of the molecule is NC1(c2nccc(-c3ccc4c(c3)OCCO4)n2)CC1. The minimum absolute atomic E-state index is 0.316. The Morgan fingerprint density at radius 1 is 1.05 bits per heavy atom. The van der Waals surface area contributed by atoms with Crippen molar-refractivity contribution < 1.29 is 9.47 Å². The Bertz CT molecular complexity index is 668. The van der Waals surface area contributed by atoms with E-state index in [1.54, 1.807) is 6.20 Å². The predicted molar refractivity (Wildman–Crippen MR) is 73.6 cm³/mol. The summed E-state index contributed by atoms with van der Waals surface area (Å²) in [5.74, 6) is 2.28. The van der Waals surface area contributed by atoms with Gasteiger partial charge in [-0.3, -0.25) is 0 Å². The van der Waals surface area contributed by atoms with Crippen molar-refractivity contribution in [2.24, 2.45) is 5.73 Å². The molecule has 2 aliphatic rings. The van der Waals surface area contributed by atoms with Crippen LogP contribution in [0.15, 0.2) is 30.5 Å². The molecule has 2 aromatic rings. The highest BCUT2D eigenvalue weighted by Gasteiger charge is 2.43. The second kappa shape index (κ2) is 4.18. The molecule has 0 atom stereocenters. The molecule has 5 nitrogen and oxygen atoms in total. The Morgan fingerprint density at radius 2 is 1.85 bits per heavy atom. The van der Waals surface area contributed by atoms with E-state index in [1.807, 2.05) is 24.3 Å². The molecule has 1 aromatic heterocycles. The molecule has 1 aliphatic heterocycles. The summed E-state index contributed by atoms with van der Waals surface area (Å²) in [6, 6.07) is 7.74. The van der Waals surface area contributed by atoms with Crippen molar-refractivity contribution in [3.05, 3.63) is 36.3 Å². The molecule has 2 heterocycles. The van der Waals surface area contributed by atoms with Crippen molar-refractivity contribution in [1.82, 2.24) is 9.97 Å². The standard InChI is InChI=1S/C15H15N3O2/c16-15(4-5-15)14-17-6-3-11(18-14)10-1-2-12-13(9-10)20-8-7-19-12/h1-3,6,9H,4-5,7-8,16H2. The minimum Gasteiger partial charge on any atom is -0.486 e. The molecule has 5 heteroatoms. The molecule has 0 saturated heterocycles. The zero-order chi connectivity index (χ0) is 13.6. The molecule has 0 spiro atoms. The number of hydrogen-bond acceptors (Lipinski definition) is 5. The van der Waals surface area contributed by atoms with Gasteiger partial charge in [0.2, 0.25) is 0 Å². The van der Waals surface area contributed by atoms with Crippen molar-refractivity contribution in [1.29, 1.82) is 0 Å². The van der Waals surface area contributed by atoms with Gasteiger partial charge in [-0.05, 0) is 37.1 Å². The fourth-order valence-electron chi connectivity index (χ4n) is 2.32. The summed E-state index contributed by atoms with van der Waals surface area (Å²) in [5, 5.41) is 0. The van der Waals surface area contributed by atoms with E-state index in [1.165, 1.54) is 0 Å². The number of rotatable bonds is 2. The zero-order valence-electron chi connectivity index (χ0n) is 11.0. The van der Waals surface area contributed by atoms with Crippen molar-refractivity contribution in [3.63, 3.8) is 0 Å².